The SMILES string of the molecule is CCCCCCCCCCCCCC[Si]12O[Si]3(CCCCCCCCCCCCCC)O[Si]4(CCCCCCCCCCCCCC)O[Si](CCCCCCCCCCCCCC)(O1)O[Si]1(CCCCCCCCCCCCCC)O[Si](CCCCCCCCCCCCCC)(O2)O[Si](CCCCCCCCCCCCCC)(O3)O[Si](CCCCCCCCCCCCCC)(O4)O1. The van der Waals surface area contributed by atoms with E-state index in [1.165, 1.54) is 514 Å². The molecule has 20 heteroatoms. The van der Waals surface area contributed by atoms with Gasteiger partial charge in [-0.25, -0.2) is 0 Å². The molecule has 8 bridgehead atoms. The van der Waals surface area contributed by atoms with Gasteiger partial charge < -0.3 is 49.4 Å². The first-order valence-corrected chi connectivity index (χ1v) is 76.8. The minimum atomic E-state index is -4.11. The molecule has 0 aromatic carbocycles. The van der Waals surface area contributed by atoms with Crippen molar-refractivity contribution < 1.29 is 49.4 Å². The highest BCUT2D eigenvalue weighted by Gasteiger charge is 2.83. The summed E-state index contributed by atoms with van der Waals surface area (Å²) in [6, 6.07) is 5.21. The Hall–Kier alpha value is 1.26. The Labute approximate surface area is 834 Å². The van der Waals surface area contributed by atoms with Gasteiger partial charge in [-0.05, 0) is 51.4 Å². The van der Waals surface area contributed by atoms with Crippen LogP contribution < -0.4 is 0 Å². The lowest BCUT2D eigenvalue weighted by atomic mass is 10.1. The molecule has 6 aliphatic rings. The number of rotatable bonds is 104. The highest BCUT2D eigenvalue weighted by molar-refractivity contribution is 7.03. The lowest BCUT2D eigenvalue weighted by molar-refractivity contribution is -0.0314. The van der Waals surface area contributed by atoms with Crippen molar-refractivity contribution in [1.82, 2.24) is 0 Å². The molecule has 0 spiro atoms. The molecule has 0 aromatic rings. The molecule has 6 heterocycles. The highest BCUT2D eigenvalue weighted by Crippen LogP contribution is 2.56. The zero-order chi connectivity index (χ0) is 94.0. The summed E-state index contributed by atoms with van der Waals surface area (Å²) in [5, 5.41) is 0. The third kappa shape index (κ3) is 59.6. The van der Waals surface area contributed by atoms with E-state index in [0.717, 1.165) is 103 Å². The first-order chi connectivity index (χ1) is 65.0. The first kappa shape index (κ1) is 124. The summed E-state index contributed by atoms with van der Waals surface area (Å²) in [6.45, 7) is 18.7. The van der Waals surface area contributed by atoms with Crippen molar-refractivity contribution in [2.45, 2.75) is 720 Å². The maximum absolute atomic E-state index is 8.84. The molecule has 784 valence electrons. The van der Waals surface area contributed by atoms with E-state index in [-0.39, 0.29) is 0 Å². The third-order valence-electron chi connectivity index (χ3n) is 30.4. The molecular weight excluding hydrogens is 1760 g/mol. The van der Waals surface area contributed by atoms with E-state index in [2.05, 4.69) is 55.4 Å². The smallest absolute Gasteiger partial charge is 0.373 e. The van der Waals surface area contributed by atoms with E-state index in [1.807, 2.05) is 0 Å². The minimum Gasteiger partial charge on any atom is -0.373 e. The fourth-order valence-corrected chi connectivity index (χ4v) is 73.0. The summed E-state index contributed by atoms with van der Waals surface area (Å²) in [4.78, 5) is 0. The summed E-state index contributed by atoms with van der Waals surface area (Å²) >= 11 is 0. The maximum atomic E-state index is 8.84. The Bertz CT molecular complexity index is 1940. The van der Waals surface area contributed by atoms with Gasteiger partial charge in [0.2, 0.25) is 0 Å². The molecule has 12 nitrogen and oxygen atoms in total. The molecule has 0 atom stereocenters. The number of hydrogen-bond acceptors (Lipinski definition) is 12. The van der Waals surface area contributed by atoms with Gasteiger partial charge in [-0.1, -0.05) is 620 Å². The van der Waals surface area contributed by atoms with Gasteiger partial charge in [-0.2, -0.15) is 0 Å². The molecule has 0 radical (unpaired) electrons. The van der Waals surface area contributed by atoms with Crippen molar-refractivity contribution in [3.63, 3.8) is 0 Å². The monoisotopic (exact) mass is 1990 g/mol. The third-order valence-corrected chi connectivity index (χ3v) is 68.0. The van der Waals surface area contributed by atoms with Gasteiger partial charge in [0.05, 0.1) is 0 Å². The Morgan fingerprint density at radius 3 is 0.189 bits per heavy atom. The van der Waals surface area contributed by atoms with Crippen LogP contribution in [0, 0.1) is 0 Å². The Balaban J connectivity index is 1.77. The normalized spacial score (nSPS) is 23.5. The van der Waals surface area contributed by atoms with Crippen molar-refractivity contribution >= 4 is 70.4 Å². The van der Waals surface area contributed by atoms with Crippen LogP contribution in [-0.2, 0) is 49.4 Å². The van der Waals surface area contributed by atoms with Gasteiger partial charge in [0.25, 0.3) is 0 Å². The highest BCUT2D eigenvalue weighted by atomic mass is 28.6. The second-order valence-electron chi connectivity index (χ2n) is 43.8. The topological polar surface area (TPSA) is 111 Å². The molecule has 132 heavy (non-hydrogen) atoms. The fraction of sp³-hybridized carbons (Fsp3) is 1.00. The van der Waals surface area contributed by atoms with Crippen LogP contribution in [0.15, 0.2) is 0 Å². The second-order valence-corrected chi connectivity index (χ2v) is 68.5. The second kappa shape index (κ2) is 83.4. The molecule has 0 amide bonds. The van der Waals surface area contributed by atoms with Crippen LogP contribution in [0.3, 0.4) is 0 Å². The predicted molar refractivity (Wildman–Crippen MR) is 586 cm³/mol. The average molecular weight is 2000 g/mol. The van der Waals surface area contributed by atoms with E-state index >= 15 is 0 Å². The largest absolute Gasteiger partial charge is 0.478 e. The van der Waals surface area contributed by atoms with E-state index in [9.17, 15) is 0 Å². The van der Waals surface area contributed by atoms with Gasteiger partial charge in [-0.15, -0.1) is 0 Å². The van der Waals surface area contributed by atoms with Crippen LogP contribution in [0.25, 0.3) is 0 Å². The lowest BCUT2D eigenvalue weighted by Crippen LogP contribution is -2.88. The average Bonchev–Trinajstić information content (AvgIpc) is 0.685. The Morgan fingerprint density at radius 2 is 0.129 bits per heavy atom. The maximum Gasteiger partial charge on any atom is 0.478 e. The first-order valence-electron chi connectivity index (χ1n) is 61.4. The van der Waals surface area contributed by atoms with E-state index in [0.29, 0.717) is 48.4 Å². The standard InChI is InChI=1S/C112H232O12Si8/c1-9-17-25-33-41-49-57-65-73-81-89-97-105-125-113-126(106-98-90-82-74-66-58-50-42-34-26-18-10-2)116-129(109-101-93-85-77-69-61-53-45-37-29-21-13-5)118-127(114-125,107-99-91-83-75-67-59-51-43-35-27-19-11-3)120-131(111-103-95-87-79-71-63-55-47-39-31-23-15-7)121-128(115-125,108-100-92-84-76-68-60-52-44-36-28-20-12-4)119-130(117-126,110-102-94-86-78-70-62-54-46-38-30-22-14-6)123-132(122-129,124-131)112-104-96-88-80-72-64-56-48-40-32-24-16-8/h9-112H2,1-8H3. The van der Waals surface area contributed by atoms with Crippen LogP contribution in [0.5, 0.6) is 0 Å². The van der Waals surface area contributed by atoms with Crippen LogP contribution in [-0.4, -0.2) is 70.4 Å². The zero-order valence-electron chi connectivity index (χ0n) is 90.4. The van der Waals surface area contributed by atoms with Crippen LogP contribution in [0.1, 0.15) is 672 Å². The van der Waals surface area contributed by atoms with Gasteiger partial charge in [0.15, 0.2) is 0 Å². The fourth-order valence-electron chi connectivity index (χ4n) is 22.0. The van der Waals surface area contributed by atoms with Gasteiger partial charge in [0.1, 0.15) is 0 Å². The summed E-state index contributed by atoms with van der Waals surface area (Å²) < 4.78 is 106. The summed E-state index contributed by atoms with van der Waals surface area (Å²) in [5.41, 5.74) is 0. The molecule has 0 N–H and O–H groups in total. The Morgan fingerprint density at radius 1 is 0.0758 bits per heavy atom. The van der Waals surface area contributed by atoms with E-state index in [4.69, 9.17) is 49.4 Å². The molecule has 6 aliphatic heterocycles. The van der Waals surface area contributed by atoms with Gasteiger partial charge >= 0.3 is 70.4 Å². The van der Waals surface area contributed by atoms with E-state index in [1.54, 1.807) is 0 Å². The molecule has 6 fully saturated rings. The van der Waals surface area contributed by atoms with Crippen molar-refractivity contribution in [2.75, 3.05) is 0 Å². The van der Waals surface area contributed by atoms with Crippen LogP contribution >= 0.6 is 0 Å². The van der Waals surface area contributed by atoms with E-state index < -0.39 is 70.4 Å². The Kier molecular flexibility index (Phi) is 78.2. The summed E-state index contributed by atoms with van der Waals surface area (Å²) in [6.07, 6.45) is 122. The van der Waals surface area contributed by atoms with Crippen molar-refractivity contribution in [3.05, 3.63) is 0 Å². The molecule has 6 saturated heterocycles. The minimum absolute atomic E-state index is 0.651. The molecule has 0 aliphatic carbocycles. The predicted octanol–water partition coefficient (Wildman–Crippen LogP) is 41.4. The quantitative estimate of drug-likeness (QED) is 0.0427. The number of unbranched alkanes of at least 4 members (excludes halogenated alkanes) is 88. The summed E-state index contributed by atoms with van der Waals surface area (Å²) in [7, 11) is -32.9. The van der Waals surface area contributed by atoms with Crippen molar-refractivity contribution in [1.29, 1.82) is 0 Å². The molecule has 0 saturated carbocycles. The lowest BCUT2D eigenvalue weighted by Gasteiger charge is -2.63. The van der Waals surface area contributed by atoms with Crippen molar-refractivity contribution in [2.24, 2.45) is 0 Å². The van der Waals surface area contributed by atoms with Crippen LogP contribution in [0.4, 0.5) is 0 Å². The number of hydrogen-bond donors (Lipinski definition) is 0. The van der Waals surface area contributed by atoms with Crippen molar-refractivity contribution in [3.8, 4) is 0 Å². The summed E-state index contributed by atoms with van der Waals surface area (Å²) in [5.74, 6) is 0. The van der Waals surface area contributed by atoms with Gasteiger partial charge in [-0.3, -0.25) is 0 Å². The zero-order valence-corrected chi connectivity index (χ0v) is 98.4. The van der Waals surface area contributed by atoms with Crippen LogP contribution in [0.2, 0.25) is 48.4 Å². The molecule has 0 aromatic heterocycles. The molecular formula is C112H232O12Si8. The molecule has 6 rings (SSSR count). The van der Waals surface area contributed by atoms with Gasteiger partial charge in [0, 0.05) is 48.4 Å². The molecule has 0 unspecified atom stereocenters.